The van der Waals surface area contributed by atoms with Crippen LogP contribution < -0.4 is 5.73 Å². The molecule has 0 saturated carbocycles. The van der Waals surface area contributed by atoms with E-state index in [1.165, 1.54) is 5.01 Å². The van der Waals surface area contributed by atoms with E-state index in [4.69, 9.17) is 11.1 Å². The zero-order valence-corrected chi connectivity index (χ0v) is 21.3. The van der Waals surface area contributed by atoms with Crippen LogP contribution in [-0.2, 0) is 4.79 Å². The summed E-state index contributed by atoms with van der Waals surface area (Å²) in [5.74, 6) is 7.10. The van der Waals surface area contributed by atoms with Crippen molar-refractivity contribution in [1.29, 1.82) is 5.41 Å². The number of aromatic nitrogens is 1. The van der Waals surface area contributed by atoms with Crippen molar-refractivity contribution < 1.29 is 4.79 Å². The first kappa shape index (κ1) is 25.5. The Balaban J connectivity index is 0.00000158. The number of aliphatic imine (C=N–C) groups is 1. The largest absolute Gasteiger partial charge is 0.354 e. The minimum absolute atomic E-state index is 0.269. The molecule has 3 aliphatic rings. The number of piperidine rings is 1. The number of thioether (sulfide) groups is 1. The predicted molar refractivity (Wildman–Crippen MR) is 140 cm³/mol. The van der Waals surface area contributed by atoms with Gasteiger partial charge in [0.05, 0.1) is 0 Å². The first-order chi connectivity index (χ1) is 16.4. The molecular weight excluding hydrogens is 446 g/mol. The fourth-order valence-electron chi connectivity index (χ4n) is 4.69. The van der Waals surface area contributed by atoms with Crippen molar-refractivity contribution in [2.75, 3.05) is 25.9 Å². The molecule has 3 aliphatic heterocycles. The van der Waals surface area contributed by atoms with Crippen LogP contribution in [-0.4, -0.2) is 75.0 Å². The number of nitrogens with zero attached hydrogens (tertiary/aromatic N) is 5. The zero-order valence-electron chi connectivity index (χ0n) is 20.5. The molecule has 34 heavy (non-hydrogen) atoms. The molecule has 2 saturated heterocycles. The van der Waals surface area contributed by atoms with Crippen molar-refractivity contribution in [3.63, 3.8) is 0 Å². The molecule has 0 radical (unpaired) electrons. The van der Waals surface area contributed by atoms with Crippen LogP contribution in [0.2, 0.25) is 0 Å². The van der Waals surface area contributed by atoms with Crippen LogP contribution in [0.3, 0.4) is 0 Å². The minimum Gasteiger partial charge on any atom is -0.354 e. The van der Waals surface area contributed by atoms with E-state index in [0.717, 1.165) is 34.8 Å². The first-order valence-electron chi connectivity index (χ1n) is 11.4. The van der Waals surface area contributed by atoms with Crippen LogP contribution in [0.25, 0.3) is 4.91 Å². The highest BCUT2D eigenvalue weighted by Gasteiger charge is 2.68. The molecule has 2 fully saturated rings. The summed E-state index contributed by atoms with van der Waals surface area (Å²) in [5, 5.41) is 11.2. The zero-order chi connectivity index (χ0) is 24.9. The predicted octanol–water partition coefficient (Wildman–Crippen LogP) is 2.94. The highest BCUT2D eigenvalue weighted by Crippen LogP contribution is 2.51. The first-order valence-corrected chi connectivity index (χ1v) is 12.4. The van der Waals surface area contributed by atoms with Gasteiger partial charge < -0.3 is 10.6 Å². The van der Waals surface area contributed by atoms with E-state index in [0.29, 0.717) is 18.7 Å². The highest BCUT2D eigenvalue weighted by molar-refractivity contribution is 8.08. The number of nitrogens with two attached hydrogens (primary N) is 1. The van der Waals surface area contributed by atoms with E-state index in [9.17, 15) is 4.79 Å². The van der Waals surface area contributed by atoms with Gasteiger partial charge in [0.25, 0.3) is 5.91 Å². The SMILES string of the molecule is CC.CC#Cc1cncc(C2=CN3N(C=N)C(=O)C4(N)CN(C(/C=C\C)=NC)CCC34CS2)c1. The molecule has 2 unspecified atom stereocenters. The third-order valence-electron chi connectivity index (χ3n) is 6.32. The number of hydrogen-bond acceptors (Lipinski definition) is 7. The van der Waals surface area contributed by atoms with E-state index in [1.807, 2.05) is 50.2 Å². The second-order valence-corrected chi connectivity index (χ2v) is 9.02. The second-order valence-electron chi connectivity index (χ2n) is 8.00. The van der Waals surface area contributed by atoms with Gasteiger partial charge in [0.1, 0.15) is 23.3 Å². The van der Waals surface area contributed by atoms with E-state index in [1.54, 1.807) is 38.1 Å². The smallest absolute Gasteiger partial charge is 0.271 e. The molecule has 8 nitrogen and oxygen atoms in total. The van der Waals surface area contributed by atoms with Crippen LogP contribution in [0.1, 0.15) is 45.2 Å². The summed E-state index contributed by atoms with van der Waals surface area (Å²) in [6.07, 6.45) is 11.1. The maximum absolute atomic E-state index is 13.5. The van der Waals surface area contributed by atoms with E-state index >= 15 is 0 Å². The number of allylic oxidation sites excluding steroid dienone is 1. The molecule has 1 aromatic rings. The summed E-state index contributed by atoms with van der Waals surface area (Å²) in [4.78, 5) is 25.2. The van der Waals surface area contributed by atoms with Gasteiger partial charge in [0.2, 0.25) is 0 Å². The van der Waals surface area contributed by atoms with E-state index in [-0.39, 0.29) is 5.91 Å². The second kappa shape index (κ2) is 10.5. The summed E-state index contributed by atoms with van der Waals surface area (Å²) >= 11 is 1.67. The fourth-order valence-corrected chi connectivity index (χ4v) is 6.08. The molecule has 0 aromatic carbocycles. The lowest BCUT2D eigenvalue weighted by atomic mass is 9.73. The fraction of sp³-hybridized carbons (Fsp3) is 0.440. The number of pyridine rings is 1. The third kappa shape index (κ3) is 4.01. The standard InChI is InChI=1S/C23H27N7OS.C2H6/c1-4-6-17-10-18(12-27-11-17)19-13-30-22(15-32-19)8-9-28(20(26-3)7-5-2)14-23(22,25)21(31)29(30)16-24;1-2/h5,7,10-13,16,24H,8-9,14-15,25H2,1-3H3;1-2H3/b7-5-,24-16?,26-20?;. The lowest BCUT2D eigenvalue weighted by Crippen LogP contribution is -2.74. The lowest BCUT2D eigenvalue weighted by Gasteiger charge is -2.52. The molecule has 180 valence electrons. The van der Waals surface area contributed by atoms with Gasteiger partial charge >= 0.3 is 0 Å². The molecular formula is C25H33N7OS. The normalized spacial score (nSPS) is 26.2. The number of amidine groups is 1. The topological polar surface area (TPSA) is 102 Å². The molecule has 0 bridgehead atoms. The molecule has 0 aliphatic carbocycles. The third-order valence-corrected chi connectivity index (χ3v) is 7.59. The van der Waals surface area contributed by atoms with Crippen LogP contribution >= 0.6 is 11.8 Å². The molecule has 2 atom stereocenters. The monoisotopic (exact) mass is 479 g/mol. The van der Waals surface area contributed by atoms with Crippen LogP contribution in [0, 0.1) is 17.3 Å². The molecule has 1 aromatic heterocycles. The van der Waals surface area contributed by atoms with Gasteiger partial charge in [-0.3, -0.25) is 25.2 Å². The molecule has 9 heteroatoms. The van der Waals surface area contributed by atoms with E-state index < -0.39 is 11.1 Å². The van der Waals surface area contributed by atoms with Crippen molar-refractivity contribution in [1.82, 2.24) is 19.9 Å². The van der Waals surface area contributed by atoms with Crippen LogP contribution in [0.15, 0.2) is 41.8 Å². The van der Waals surface area contributed by atoms with Gasteiger partial charge in [-0.1, -0.05) is 25.8 Å². The number of hydrogen-bond donors (Lipinski definition) is 2. The number of rotatable bonds is 3. The van der Waals surface area contributed by atoms with Gasteiger partial charge in [-0.2, -0.15) is 0 Å². The quantitative estimate of drug-likeness (QED) is 0.393. The van der Waals surface area contributed by atoms with Crippen LogP contribution in [0.4, 0.5) is 0 Å². The Bertz CT molecular complexity index is 1100. The van der Waals surface area contributed by atoms with Crippen molar-refractivity contribution in [2.45, 2.75) is 45.2 Å². The van der Waals surface area contributed by atoms with Crippen molar-refractivity contribution >= 4 is 34.7 Å². The Morgan fingerprint density at radius 3 is 2.79 bits per heavy atom. The summed E-state index contributed by atoms with van der Waals surface area (Å²) in [5.41, 5.74) is 6.91. The van der Waals surface area contributed by atoms with Gasteiger partial charge in [-0.15, -0.1) is 17.7 Å². The summed E-state index contributed by atoms with van der Waals surface area (Å²) in [6.45, 7) is 8.80. The number of nitrogens with one attached hydrogen (secondary N) is 1. The average Bonchev–Trinajstić information content (AvgIpc) is 3.06. The summed E-state index contributed by atoms with van der Waals surface area (Å²) in [7, 11) is 1.74. The maximum atomic E-state index is 13.5. The van der Waals surface area contributed by atoms with Gasteiger partial charge in [-0.25, -0.2) is 5.01 Å². The lowest BCUT2D eigenvalue weighted by molar-refractivity contribution is -0.132. The van der Waals surface area contributed by atoms with Gasteiger partial charge in [0, 0.05) is 60.5 Å². The Hall–Kier alpha value is -3.09. The van der Waals surface area contributed by atoms with Gasteiger partial charge in [0.15, 0.2) is 0 Å². The highest BCUT2D eigenvalue weighted by atomic mass is 32.2. The molecule has 4 rings (SSSR count). The number of likely N-dealkylation sites (tertiary alicyclic amines) is 1. The number of amides is 1. The summed E-state index contributed by atoms with van der Waals surface area (Å²) in [6, 6.07) is 1.99. The maximum Gasteiger partial charge on any atom is 0.271 e. The van der Waals surface area contributed by atoms with E-state index in [2.05, 4.69) is 26.7 Å². The molecule has 4 heterocycles. The minimum atomic E-state index is -1.16. The van der Waals surface area contributed by atoms with Crippen molar-refractivity contribution in [3.8, 4) is 11.8 Å². The van der Waals surface area contributed by atoms with Gasteiger partial charge in [-0.05, 0) is 32.4 Å². The summed E-state index contributed by atoms with van der Waals surface area (Å²) < 4.78 is 0. The van der Waals surface area contributed by atoms with Crippen molar-refractivity contribution in [3.05, 3.63) is 47.9 Å². The number of carbonyl (C=O) groups excluding carboxylic acids is 1. The van der Waals surface area contributed by atoms with Crippen LogP contribution in [0.5, 0.6) is 0 Å². The Morgan fingerprint density at radius 1 is 1.38 bits per heavy atom. The molecule has 1 spiro atoms. The molecule has 3 N–H and O–H groups in total. The Labute approximate surface area is 206 Å². The molecule has 1 amide bonds. The Kier molecular flexibility index (Phi) is 7.85. The number of carbonyl (C=O) groups is 1. The number of hydrazine groups is 1. The Morgan fingerprint density at radius 2 is 2.15 bits per heavy atom. The van der Waals surface area contributed by atoms with Crippen molar-refractivity contribution in [2.24, 2.45) is 10.7 Å². The average molecular weight is 480 g/mol.